The second-order valence-electron chi connectivity index (χ2n) is 6.00. The Morgan fingerprint density at radius 2 is 1.78 bits per heavy atom. The lowest BCUT2D eigenvalue weighted by molar-refractivity contribution is -0.145. The van der Waals surface area contributed by atoms with E-state index in [1.54, 1.807) is 23.0 Å². The van der Waals surface area contributed by atoms with Crippen LogP contribution in [0.5, 0.6) is 0 Å². The molecule has 3 aromatic rings. The van der Waals surface area contributed by atoms with Crippen molar-refractivity contribution in [2.75, 3.05) is 6.54 Å². The molecule has 1 amide bonds. The smallest absolute Gasteiger partial charge is 0.306 e. The van der Waals surface area contributed by atoms with E-state index in [-0.39, 0.29) is 24.9 Å². The summed E-state index contributed by atoms with van der Waals surface area (Å²) in [5.74, 6) is -0.415. The Labute approximate surface area is 157 Å². The van der Waals surface area contributed by atoms with E-state index in [1.165, 1.54) is 0 Å². The van der Waals surface area contributed by atoms with Crippen LogP contribution in [0.25, 0.3) is 5.69 Å². The van der Waals surface area contributed by atoms with Gasteiger partial charge in [-0.3, -0.25) is 9.59 Å². The maximum atomic E-state index is 11.9. The first-order chi connectivity index (χ1) is 13.2. The normalized spacial score (nSPS) is 10.4. The molecule has 1 N–H and O–H groups in total. The number of nitrogens with zero attached hydrogens (tertiary/aromatic N) is 2. The van der Waals surface area contributed by atoms with Crippen LogP contribution < -0.4 is 5.32 Å². The number of esters is 1. The van der Waals surface area contributed by atoms with Crippen molar-refractivity contribution in [2.45, 2.75) is 19.4 Å². The van der Waals surface area contributed by atoms with Gasteiger partial charge in [0.2, 0.25) is 0 Å². The molecule has 0 spiro atoms. The summed E-state index contributed by atoms with van der Waals surface area (Å²) in [5.41, 5.74) is 2.47. The van der Waals surface area contributed by atoms with E-state index < -0.39 is 0 Å². The van der Waals surface area contributed by atoms with Crippen LogP contribution in [0, 0.1) is 0 Å². The molecule has 0 fully saturated rings. The molecule has 0 atom stereocenters. The highest BCUT2D eigenvalue weighted by molar-refractivity contribution is 5.94. The van der Waals surface area contributed by atoms with Gasteiger partial charge < -0.3 is 10.1 Å². The van der Waals surface area contributed by atoms with Gasteiger partial charge in [0.1, 0.15) is 6.61 Å². The lowest BCUT2D eigenvalue weighted by atomic mass is 10.2. The average molecular weight is 363 g/mol. The van der Waals surface area contributed by atoms with Crippen molar-refractivity contribution in [3.8, 4) is 5.69 Å². The molecule has 0 saturated heterocycles. The van der Waals surface area contributed by atoms with Gasteiger partial charge in [-0.2, -0.15) is 5.10 Å². The highest BCUT2D eigenvalue weighted by Crippen LogP contribution is 2.10. The van der Waals surface area contributed by atoms with Gasteiger partial charge in [0.15, 0.2) is 0 Å². The van der Waals surface area contributed by atoms with Gasteiger partial charge in [-0.15, -0.1) is 0 Å². The van der Waals surface area contributed by atoms with Gasteiger partial charge in [-0.05, 0) is 42.3 Å². The summed E-state index contributed by atoms with van der Waals surface area (Å²) in [6.07, 6.45) is 4.39. The summed E-state index contributed by atoms with van der Waals surface area (Å²) in [6, 6.07) is 18.5. The Hall–Kier alpha value is -3.41. The molecule has 6 heteroatoms. The molecule has 1 heterocycles. The zero-order valence-corrected chi connectivity index (χ0v) is 14.9. The monoisotopic (exact) mass is 363 g/mol. The van der Waals surface area contributed by atoms with Crippen LogP contribution in [0.15, 0.2) is 73.1 Å². The quantitative estimate of drug-likeness (QED) is 0.493. The lowest BCUT2D eigenvalue weighted by Crippen LogP contribution is -2.24. The van der Waals surface area contributed by atoms with Crippen LogP contribution in [-0.4, -0.2) is 28.2 Å². The van der Waals surface area contributed by atoms with Crippen LogP contribution in [0.2, 0.25) is 0 Å². The number of hydrogen-bond acceptors (Lipinski definition) is 4. The largest absolute Gasteiger partial charge is 0.461 e. The summed E-state index contributed by atoms with van der Waals surface area (Å²) < 4.78 is 7.04. The highest BCUT2D eigenvalue weighted by Gasteiger charge is 2.06. The molecule has 3 rings (SSSR count). The number of aromatic nitrogens is 2. The summed E-state index contributed by atoms with van der Waals surface area (Å²) >= 11 is 0. The van der Waals surface area contributed by atoms with Gasteiger partial charge >= 0.3 is 5.97 Å². The minimum absolute atomic E-state index is 0.138. The zero-order valence-electron chi connectivity index (χ0n) is 14.9. The van der Waals surface area contributed by atoms with Crippen LogP contribution in [-0.2, 0) is 16.1 Å². The van der Waals surface area contributed by atoms with Crippen molar-refractivity contribution < 1.29 is 14.3 Å². The van der Waals surface area contributed by atoms with E-state index >= 15 is 0 Å². The molecule has 0 unspecified atom stereocenters. The van der Waals surface area contributed by atoms with E-state index in [2.05, 4.69) is 10.4 Å². The number of benzene rings is 2. The Kier molecular flexibility index (Phi) is 6.35. The lowest BCUT2D eigenvalue weighted by Gasteiger charge is -2.07. The van der Waals surface area contributed by atoms with Crippen molar-refractivity contribution in [1.82, 2.24) is 15.1 Å². The fourth-order valence-electron chi connectivity index (χ4n) is 2.53. The third-order valence-corrected chi connectivity index (χ3v) is 3.98. The first-order valence-corrected chi connectivity index (χ1v) is 8.80. The first-order valence-electron chi connectivity index (χ1n) is 8.80. The number of carbonyl (C=O) groups is 2. The summed E-state index contributed by atoms with van der Waals surface area (Å²) in [4.78, 5) is 23.7. The molecular formula is C21H21N3O3. The predicted octanol–water partition coefficient (Wildman–Crippen LogP) is 3.13. The third-order valence-electron chi connectivity index (χ3n) is 3.98. The molecule has 0 bridgehead atoms. The molecule has 138 valence electrons. The number of hydrogen-bond donors (Lipinski definition) is 1. The van der Waals surface area contributed by atoms with E-state index in [9.17, 15) is 9.59 Å². The SMILES string of the molecule is O=C(CCCNC(=O)c1ccccc1)OCc1ccc(-n2cccn2)cc1. The molecule has 0 saturated carbocycles. The van der Waals surface area contributed by atoms with Crippen molar-refractivity contribution >= 4 is 11.9 Å². The topological polar surface area (TPSA) is 73.2 Å². The second-order valence-corrected chi connectivity index (χ2v) is 6.00. The maximum Gasteiger partial charge on any atom is 0.306 e. The molecule has 2 aromatic carbocycles. The maximum absolute atomic E-state index is 11.9. The van der Waals surface area contributed by atoms with Gasteiger partial charge in [0, 0.05) is 30.9 Å². The van der Waals surface area contributed by atoms with Crippen molar-refractivity contribution in [3.05, 3.63) is 84.2 Å². The molecule has 0 aliphatic carbocycles. The van der Waals surface area contributed by atoms with Gasteiger partial charge in [-0.25, -0.2) is 4.68 Å². The molecule has 6 nitrogen and oxygen atoms in total. The highest BCUT2D eigenvalue weighted by atomic mass is 16.5. The Balaban J connectivity index is 1.34. The van der Waals surface area contributed by atoms with Crippen molar-refractivity contribution in [3.63, 3.8) is 0 Å². The van der Waals surface area contributed by atoms with E-state index in [1.807, 2.05) is 54.7 Å². The van der Waals surface area contributed by atoms with Crippen molar-refractivity contribution in [2.24, 2.45) is 0 Å². The molecule has 27 heavy (non-hydrogen) atoms. The minimum atomic E-state index is -0.278. The Morgan fingerprint density at radius 3 is 2.48 bits per heavy atom. The molecular weight excluding hydrogens is 342 g/mol. The first kappa shape index (κ1) is 18.4. The van der Waals surface area contributed by atoms with Gasteiger partial charge in [-0.1, -0.05) is 30.3 Å². The van der Waals surface area contributed by atoms with Crippen LogP contribution >= 0.6 is 0 Å². The number of ether oxygens (including phenoxy) is 1. The van der Waals surface area contributed by atoms with Crippen LogP contribution in [0.1, 0.15) is 28.8 Å². The van der Waals surface area contributed by atoms with Gasteiger partial charge in [0.05, 0.1) is 5.69 Å². The third kappa shape index (κ3) is 5.54. The zero-order chi connectivity index (χ0) is 18.9. The van der Waals surface area contributed by atoms with Crippen LogP contribution in [0.4, 0.5) is 0 Å². The number of carbonyl (C=O) groups excluding carboxylic acids is 2. The molecule has 0 aliphatic rings. The second kappa shape index (κ2) is 9.33. The van der Waals surface area contributed by atoms with Gasteiger partial charge in [0.25, 0.3) is 5.91 Å². The Bertz CT molecular complexity index is 859. The number of nitrogens with one attached hydrogen (secondary N) is 1. The fourth-order valence-corrected chi connectivity index (χ4v) is 2.53. The molecule has 1 aromatic heterocycles. The Morgan fingerprint density at radius 1 is 1.00 bits per heavy atom. The van der Waals surface area contributed by atoms with E-state index in [0.29, 0.717) is 18.5 Å². The fraction of sp³-hybridized carbons (Fsp3) is 0.190. The average Bonchev–Trinajstić information content (AvgIpc) is 3.25. The minimum Gasteiger partial charge on any atom is -0.461 e. The van der Waals surface area contributed by atoms with E-state index in [0.717, 1.165) is 11.3 Å². The standard InChI is InChI=1S/C21H21N3O3/c25-20(8-4-13-22-21(26)18-6-2-1-3-7-18)27-16-17-9-11-19(12-10-17)24-15-5-14-23-24/h1-3,5-7,9-12,14-15H,4,8,13,16H2,(H,22,26). The summed E-state index contributed by atoms with van der Waals surface area (Å²) in [5, 5.41) is 6.96. The van der Waals surface area contributed by atoms with Crippen LogP contribution in [0.3, 0.4) is 0 Å². The molecule has 0 radical (unpaired) electrons. The molecule has 0 aliphatic heterocycles. The predicted molar refractivity (Wildman–Crippen MR) is 101 cm³/mol. The summed E-state index contributed by atoms with van der Waals surface area (Å²) in [7, 11) is 0. The summed E-state index contributed by atoms with van der Waals surface area (Å²) in [6.45, 7) is 0.663. The van der Waals surface area contributed by atoms with Crippen molar-refractivity contribution in [1.29, 1.82) is 0 Å². The number of rotatable bonds is 8. The van der Waals surface area contributed by atoms with E-state index in [4.69, 9.17) is 4.74 Å². The number of amides is 1.